The smallest absolute Gasteiger partial charge is 0.0167 e. The van der Waals surface area contributed by atoms with Gasteiger partial charge in [0, 0.05) is 25.7 Å². The van der Waals surface area contributed by atoms with Crippen LogP contribution in [0, 0.1) is 5.92 Å². The van der Waals surface area contributed by atoms with E-state index < -0.39 is 0 Å². The second kappa shape index (κ2) is 5.61. The van der Waals surface area contributed by atoms with E-state index in [1.54, 1.807) is 0 Å². The van der Waals surface area contributed by atoms with E-state index in [0.29, 0.717) is 6.04 Å². The van der Waals surface area contributed by atoms with Gasteiger partial charge in [0.1, 0.15) is 0 Å². The van der Waals surface area contributed by atoms with Crippen molar-refractivity contribution in [3.8, 4) is 0 Å². The highest BCUT2D eigenvalue weighted by atomic mass is 15.2. The number of hydrogen-bond acceptors (Lipinski definition) is 2. The predicted octanol–water partition coefficient (Wildman–Crippen LogP) is 1.72. The minimum absolute atomic E-state index is 0.686. The molecule has 0 saturated carbocycles. The van der Waals surface area contributed by atoms with Gasteiger partial charge in [0.25, 0.3) is 0 Å². The number of hydrogen-bond donors (Lipinski definition) is 1. The van der Waals surface area contributed by atoms with E-state index in [1.807, 2.05) is 0 Å². The zero-order chi connectivity index (χ0) is 9.68. The first kappa shape index (κ1) is 11.0. The Morgan fingerprint density at radius 2 is 2.31 bits per heavy atom. The fraction of sp³-hybridized carbons (Fsp3) is 1.00. The molecule has 0 aromatic heterocycles. The Kier molecular flexibility index (Phi) is 4.74. The first-order valence-electron chi connectivity index (χ1n) is 5.68. The molecule has 2 atom stereocenters. The second-order valence-electron chi connectivity index (χ2n) is 4.46. The first-order chi connectivity index (χ1) is 6.22. The molecular weight excluding hydrogens is 160 g/mol. The van der Waals surface area contributed by atoms with Gasteiger partial charge in [-0.3, -0.25) is 0 Å². The molecule has 0 bridgehead atoms. The van der Waals surface area contributed by atoms with Gasteiger partial charge in [0.05, 0.1) is 0 Å². The van der Waals surface area contributed by atoms with E-state index in [4.69, 9.17) is 0 Å². The van der Waals surface area contributed by atoms with Crippen molar-refractivity contribution in [2.75, 3.05) is 26.2 Å². The number of rotatable bonds is 4. The van der Waals surface area contributed by atoms with Gasteiger partial charge in [-0.1, -0.05) is 20.3 Å². The van der Waals surface area contributed by atoms with Crippen LogP contribution in [-0.2, 0) is 0 Å². The molecule has 0 radical (unpaired) electrons. The Bertz CT molecular complexity index is 136. The average molecular weight is 184 g/mol. The summed E-state index contributed by atoms with van der Waals surface area (Å²) < 4.78 is 0. The van der Waals surface area contributed by atoms with Crippen molar-refractivity contribution < 1.29 is 0 Å². The lowest BCUT2D eigenvalue weighted by Gasteiger charge is -2.32. The Labute approximate surface area is 82.7 Å². The zero-order valence-electron chi connectivity index (χ0n) is 9.34. The fourth-order valence-electron chi connectivity index (χ4n) is 1.82. The maximum Gasteiger partial charge on any atom is 0.0167 e. The highest BCUT2D eigenvalue weighted by Gasteiger charge is 2.15. The zero-order valence-corrected chi connectivity index (χ0v) is 9.34. The lowest BCUT2D eigenvalue weighted by atomic mass is 10.0. The summed E-state index contributed by atoms with van der Waals surface area (Å²) in [6.45, 7) is 11.8. The van der Waals surface area contributed by atoms with E-state index in [1.165, 1.54) is 39.0 Å². The van der Waals surface area contributed by atoms with Gasteiger partial charge >= 0.3 is 0 Å². The molecule has 0 aromatic carbocycles. The molecule has 2 heteroatoms. The summed E-state index contributed by atoms with van der Waals surface area (Å²) in [6, 6.07) is 0.686. The monoisotopic (exact) mass is 184 g/mol. The molecule has 0 amide bonds. The molecular formula is C11H24N2. The van der Waals surface area contributed by atoms with Crippen LogP contribution < -0.4 is 5.32 Å². The topological polar surface area (TPSA) is 15.3 Å². The van der Waals surface area contributed by atoms with Gasteiger partial charge in [-0.2, -0.15) is 0 Å². The van der Waals surface area contributed by atoms with Gasteiger partial charge in [0.15, 0.2) is 0 Å². The Balaban J connectivity index is 2.13. The lowest BCUT2D eigenvalue weighted by molar-refractivity contribution is 0.195. The van der Waals surface area contributed by atoms with Crippen molar-refractivity contribution in [1.82, 2.24) is 10.2 Å². The number of piperazine rings is 1. The van der Waals surface area contributed by atoms with Crippen LogP contribution in [0.2, 0.25) is 0 Å². The van der Waals surface area contributed by atoms with Crippen LogP contribution in [-0.4, -0.2) is 37.1 Å². The van der Waals surface area contributed by atoms with Crippen molar-refractivity contribution in [2.24, 2.45) is 5.92 Å². The molecule has 2 nitrogen and oxygen atoms in total. The van der Waals surface area contributed by atoms with E-state index in [2.05, 4.69) is 31.0 Å². The van der Waals surface area contributed by atoms with Gasteiger partial charge < -0.3 is 10.2 Å². The summed E-state index contributed by atoms with van der Waals surface area (Å²) in [4.78, 5) is 2.59. The summed E-state index contributed by atoms with van der Waals surface area (Å²) in [5, 5.41) is 3.47. The minimum atomic E-state index is 0.686. The quantitative estimate of drug-likeness (QED) is 0.715. The summed E-state index contributed by atoms with van der Waals surface area (Å²) in [5.74, 6) is 0.894. The fourth-order valence-corrected chi connectivity index (χ4v) is 1.82. The molecule has 1 aliphatic rings. The SMILES string of the molecule is CCC(C)CCN1CCNC(C)C1. The predicted molar refractivity (Wildman–Crippen MR) is 58.0 cm³/mol. The highest BCUT2D eigenvalue weighted by molar-refractivity contribution is 4.74. The summed E-state index contributed by atoms with van der Waals surface area (Å²) >= 11 is 0. The van der Waals surface area contributed by atoms with Crippen molar-refractivity contribution >= 4 is 0 Å². The third-order valence-corrected chi connectivity index (χ3v) is 3.09. The summed E-state index contributed by atoms with van der Waals surface area (Å²) in [6.07, 6.45) is 2.69. The summed E-state index contributed by atoms with van der Waals surface area (Å²) in [5.41, 5.74) is 0. The van der Waals surface area contributed by atoms with Crippen molar-refractivity contribution in [1.29, 1.82) is 0 Å². The Hall–Kier alpha value is -0.0800. The van der Waals surface area contributed by atoms with Crippen LogP contribution in [0.4, 0.5) is 0 Å². The van der Waals surface area contributed by atoms with Gasteiger partial charge in [0.2, 0.25) is 0 Å². The molecule has 0 aliphatic carbocycles. The minimum Gasteiger partial charge on any atom is -0.312 e. The molecule has 1 aliphatic heterocycles. The molecule has 13 heavy (non-hydrogen) atoms. The molecule has 0 spiro atoms. The Morgan fingerprint density at radius 3 is 2.92 bits per heavy atom. The third-order valence-electron chi connectivity index (χ3n) is 3.09. The highest BCUT2D eigenvalue weighted by Crippen LogP contribution is 2.08. The van der Waals surface area contributed by atoms with Crippen molar-refractivity contribution in [2.45, 2.75) is 39.7 Å². The largest absolute Gasteiger partial charge is 0.312 e. The van der Waals surface area contributed by atoms with Gasteiger partial charge in [-0.05, 0) is 25.8 Å². The van der Waals surface area contributed by atoms with Gasteiger partial charge in [-0.25, -0.2) is 0 Å². The molecule has 1 rings (SSSR count). The Morgan fingerprint density at radius 1 is 1.54 bits per heavy atom. The molecule has 78 valence electrons. The number of nitrogens with one attached hydrogen (secondary N) is 1. The first-order valence-corrected chi connectivity index (χ1v) is 5.68. The maximum absolute atomic E-state index is 3.47. The van der Waals surface area contributed by atoms with Crippen LogP contribution in [0.3, 0.4) is 0 Å². The normalized spacial score (nSPS) is 27.5. The molecule has 2 unspecified atom stereocenters. The van der Waals surface area contributed by atoms with E-state index in [9.17, 15) is 0 Å². The van der Waals surface area contributed by atoms with Crippen LogP contribution >= 0.6 is 0 Å². The van der Waals surface area contributed by atoms with E-state index >= 15 is 0 Å². The van der Waals surface area contributed by atoms with Crippen LogP contribution in [0.5, 0.6) is 0 Å². The van der Waals surface area contributed by atoms with Crippen LogP contribution in [0.1, 0.15) is 33.6 Å². The molecule has 1 saturated heterocycles. The molecule has 1 heterocycles. The lowest BCUT2D eigenvalue weighted by Crippen LogP contribution is -2.49. The molecule has 1 fully saturated rings. The number of nitrogens with zero attached hydrogens (tertiary/aromatic N) is 1. The van der Waals surface area contributed by atoms with E-state index in [-0.39, 0.29) is 0 Å². The standard InChI is InChI=1S/C11H24N2/c1-4-10(2)5-7-13-8-6-12-11(3)9-13/h10-12H,4-9H2,1-3H3. The van der Waals surface area contributed by atoms with E-state index in [0.717, 1.165) is 5.92 Å². The summed E-state index contributed by atoms with van der Waals surface area (Å²) in [7, 11) is 0. The third kappa shape index (κ3) is 4.10. The van der Waals surface area contributed by atoms with Crippen molar-refractivity contribution in [3.63, 3.8) is 0 Å². The average Bonchev–Trinajstić information content (AvgIpc) is 2.14. The molecule has 0 aromatic rings. The van der Waals surface area contributed by atoms with Crippen LogP contribution in [0.25, 0.3) is 0 Å². The molecule has 1 N–H and O–H groups in total. The van der Waals surface area contributed by atoms with Crippen molar-refractivity contribution in [3.05, 3.63) is 0 Å². The van der Waals surface area contributed by atoms with Gasteiger partial charge in [-0.15, -0.1) is 0 Å². The van der Waals surface area contributed by atoms with Crippen LogP contribution in [0.15, 0.2) is 0 Å². The second-order valence-corrected chi connectivity index (χ2v) is 4.46. The maximum atomic E-state index is 3.47.